The molecular weight excluding hydrogens is 186 g/mol. The second-order valence-corrected chi connectivity index (χ2v) is 4.15. The Morgan fingerprint density at radius 2 is 2.13 bits per heavy atom. The Morgan fingerprint density at radius 3 is 2.73 bits per heavy atom. The number of hydrogen-bond acceptors (Lipinski definition) is 3. The molecule has 0 amide bonds. The monoisotopic (exact) mass is 201 g/mol. The first kappa shape index (κ1) is 10.1. The van der Waals surface area contributed by atoms with E-state index in [9.17, 15) is 5.26 Å². The van der Waals surface area contributed by atoms with E-state index in [2.05, 4.69) is 16.3 Å². The molecule has 1 fully saturated rings. The molecule has 15 heavy (non-hydrogen) atoms. The van der Waals surface area contributed by atoms with Gasteiger partial charge in [0, 0.05) is 6.20 Å². The van der Waals surface area contributed by atoms with Gasteiger partial charge in [0.05, 0.1) is 17.7 Å². The molecule has 0 radical (unpaired) electrons. The van der Waals surface area contributed by atoms with Gasteiger partial charge in [0.2, 0.25) is 0 Å². The summed E-state index contributed by atoms with van der Waals surface area (Å²) in [6.45, 7) is 0. The topological polar surface area (TPSA) is 49.6 Å². The smallest absolute Gasteiger partial charge is 0.0931 e. The third-order valence-corrected chi connectivity index (χ3v) is 3.17. The lowest BCUT2D eigenvalue weighted by atomic mass is 9.79. The first-order valence-corrected chi connectivity index (χ1v) is 5.59. The summed E-state index contributed by atoms with van der Waals surface area (Å²) in [6, 6.07) is 6.15. The Hall–Kier alpha value is -1.43. The first-order valence-electron chi connectivity index (χ1n) is 5.59. The fourth-order valence-electron chi connectivity index (χ4n) is 2.36. The zero-order valence-corrected chi connectivity index (χ0v) is 8.76. The van der Waals surface area contributed by atoms with Gasteiger partial charge in [-0.1, -0.05) is 19.3 Å². The minimum atomic E-state index is -0.0565. The predicted molar refractivity (Wildman–Crippen MR) is 57.0 cm³/mol. The number of nitriles is 1. The van der Waals surface area contributed by atoms with Crippen LogP contribution in [0.4, 0.5) is 0 Å². The summed E-state index contributed by atoms with van der Waals surface area (Å²) in [5, 5.41) is 17.1. The highest BCUT2D eigenvalue weighted by Gasteiger charge is 2.25. The maximum Gasteiger partial charge on any atom is 0.0931 e. The van der Waals surface area contributed by atoms with Crippen LogP contribution in [-0.2, 0) is 0 Å². The van der Waals surface area contributed by atoms with E-state index in [0.29, 0.717) is 5.92 Å². The molecule has 3 nitrogen and oxygen atoms in total. The van der Waals surface area contributed by atoms with Crippen LogP contribution in [0, 0.1) is 17.2 Å². The van der Waals surface area contributed by atoms with Crippen LogP contribution in [0.15, 0.2) is 18.3 Å². The van der Waals surface area contributed by atoms with Gasteiger partial charge in [-0.3, -0.25) is 0 Å². The van der Waals surface area contributed by atoms with Crippen LogP contribution in [0.1, 0.15) is 43.7 Å². The molecule has 0 saturated heterocycles. The second kappa shape index (κ2) is 4.88. The van der Waals surface area contributed by atoms with E-state index < -0.39 is 0 Å². The summed E-state index contributed by atoms with van der Waals surface area (Å²) in [5.41, 5.74) is 0.840. The average molecular weight is 201 g/mol. The van der Waals surface area contributed by atoms with Crippen LogP contribution < -0.4 is 0 Å². The standard InChI is InChI=1S/C12H15N3/c13-9-11(10-5-2-1-3-6-10)12-7-4-8-14-15-12/h4,7-8,10-11H,1-3,5-6H2. The van der Waals surface area contributed by atoms with Crippen molar-refractivity contribution >= 4 is 0 Å². The van der Waals surface area contributed by atoms with Crippen LogP contribution in [-0.4, -0.2) is 10.2 Å². The molecule has 2 rings (SSSR count). The predicted octanol–water partition coefficient (Wildman–Crippen LogP) is 2.66. The minimum absolute atomic E-state index is 0.0565. The maximum absolute atomic E-state index is 9.21. The summed E-state index contributed by atoms with van der Waals surface area (Å²) in [6.07, 6.45) is 7.80. The van der Waals surface area contributed by atoms with E-state index in [1.165, 1.54) is 19.3 Å². The molecule has 1 atom stereocenters. The van der Waals surface area contributed by atoms with E-state index in [-0.39, 0.29) is 5.92 Å². The highest BCUT2D eigenvalue weighted by molar-refractivity contribution is 5.16. The molecule has 78 valence electrons. The van der Waals surface area contributed by atoms with Crippen LogP contribution in [0.3, 0.4) is 0 Å². The molecule has 0 aliphatic heterocycles. The highest BCUT2D eigenvalue weighted by Crippen LogP contribution is 2.34. The SMILES string of the molecule is N#CC(c1cccnn1)C1CCCCC1. The summed E-state index contributed by atoms with van der Waals surface area (Å²) in [7, 11) is 0. The number of rotatable bonds is 2. The van der Waals surface area contributed by atoms with E-state index >= 15 is 0 Å². The number of aromatic nitrogens is 2. The highest BCUT2D eigenvalue weighted by atomic mass is 15.1. The van der Waals surface area contributed by atoms with Crippen molar-refractivity contribution in [2.24, 2.45) is 5.92 Å². The van der Waals surface area contributed by atoms with Gasteiger partial charge in [-0.05, 0) is 30.9 Å². The fourth-order valence-corrected chi connectivity index (χ4v) is 2.36. The largest absolute Gasteiger partial charge is 0.198 e. The van der Waals surface area contributed by atoms with Gasteiger partial charge in [-0.2, -0.15) is 15.5 Å². The Bertz CT molecular complexity index is 336. The molecule has 3 heteroatoms. The second-order valence-electron chi connectivity index (χ2n) is 4.15. The Kier molecular flexibility index (Phi) is 3.29. The van der Waals surface area contributed by atoms with E-state index in [0.717, 1.165) is 18.5 Å². The summed E-state index contributed by atoms with van der Waals surface area (Å²) in [4.78, 5) is 0. The molecule has 1 saturated carbocycles. The molecule has 0 N–H and O–H groups in total. The van der Waals surface area contributed by atoms with Crippen molar-refractivity contribution < 1.29 is 0 Å². The average Bonchev–Trinajstić information content (AvgIpc) is 2.33. The van der Waals surface area contributed by atoms with Gasteiger partial charge >= 0.3 is 0 Å². The number of nitrogens with zero attached hydrogens (tertiary/aromatic N) is 3. The summed E-state index contributed by atoms with van der Waals surface area (Å²) < 4.78 is 0. The summed E-state index contributed by atoms with van der Waals surface area (Å²) >= 11 is 0. The van der Waals surface area contributed by atoms with Crippen molar-refractivity contribution in [3.05, 3.63) is 24.0 Å². The zero-order valence-electron chi connectivity index (χ0n) is 8.76. The molecule has 0 bridgehead atoms. The third kappa shape index (κ3) is 2.33. The molecule has 1 aromatic heterocycles. The van der Waals surface area contributed by atoms with Crippen molar-refractivity contribution in [1.82, 2.24) is 10.2 Å². The molecule has 1 aliphatic rings. The zero-order chi connectivity index (χ0) is 10.5. The molecule has 1 heterocycles. The van der Waals surface area contributed by atoms with Gasteiger partial charge in [0.25, 0.3) is 0 Å². The van der Waals surface area contributed by atoms with Crippen LogP contribution in [0.2, 0.25) is 0 Å². The summed E-state index contributed by atoms with van der Waals surface area (Å²) in [5.74, 6) is 0.430. The van der Waals surface area contributed by atoms with Crippen LogP contribution in [0.5, 0.6) is 0 Å². The molecule has 0 spiro atoms. The third-order valence-electron chi connectivity index (χ3n) is 3.17. The van der Waals surface area contributed by atoms with Gasteiger partial charge < -0.3 is 0 Å². The van der Waals surface area contributed by atoms with Crippen molar-refractivity contribution in [3.8, 4) is 6.07 Å². The van der Waals surface area contributed by atoms with E-state index in [1.54, 1.807) is 6.20 Å². The lowest BCUT2D eigenvalue weighted by Crippen LogP contribution is -2.16. The van der Waals surface area contributed by atoms with Gasteiger partial charge in [-0.25, -0.2) is 0 Å². The number of hydrogen-bond donors (Lipinski definition) is 0. The van der Waals surface area contributed by atoms with Crippen molar-refractivity contribution in [2.75, 3.05) is 0 Å². The van der Waals surface area contributed by atoms with Crippen LogP contribution >= 0.6 is 0 Å². The fraction of sp³-hybridized carbons (Fsp3) is 0.583. The quantitative estimate of drug-likeness (QED) is 0.739. The van der Waals surface area contributed by atoms with Crippen molar-refractivity contribution in [2.45, 2.75) is 38.0 Å². The molecular formula is C12H15N3. The Balaban J connectivity index is 2.14. The molecule has 0 aromatic carbocycles. The van der Waals surface area contributed by atoms with Gasteiger partial charge in [0.1, 0.15) is 0 Å². The van der Waals surface area contributed by atoms with E-state index in [4.69, 9.17) is 0 Å². The first-order chi connectivity index (χ1) is 7.42. The van der Waals surface area contributed by atoms with Gasteiger partial charge in [-0.15, -0.1) is 0 Å². The molecule has 1 unspecified atom stereocenters. The van der Waals surface area contributed by atoms with Crippen molar-refractivity contribution in [3.63, 3.8) is 0 Å². The van der Waals surface area contributed by atoms with Crippen LogP contribution in [0.25, 0.3) is 0 Å². The Morgan fingerprint density at radius 1 is 1.33 bits per heavy atom. The van der Waals surface area contributed by atoms with Gasteiger partial charge in [0.15, 0.2) is 0 Å². The Labute approximate surface area is 90.1 Å². The van der Waals surface area contributed by atoms with Crippen molar-refractivity contribution in [1.29, 1.82) is 5.26 Å². The molecule has 1 aliphatic carbocycles. The maximum atomic E-state index is 9.21. The minimum Gasteiger partial charge on any atom is -0.198 e. The van der Waals surface area contributed by atoms with E-state index in [1.807, 2.05) is 12.1 Å². The molecule has 1 aromatic rings. The lowest BCUT2D eigenvalue weighted by molar-refractivity contribution is 0.332. The lowest BCUT2D eigenvalue weighted by Gasteiger charge is -2.24. The normalized spacial score (nSPS) is 19.4.